The number of carbonyl (C=O) groups excluding carboxylic acids is 1. The highest BCUT2D eigenvalue weighted by Crippen LogP contribution is 2.27. The third-order valence-electron chi connectivity index (χ3n) is 5.29. The molecule has 1 aliphatic heterocycles. The third-order valence-corrected chi connectivity index (χ3v) is 5.29. The number of aromatic nitrogens is 5. The minimum atomic E-state index is -0.962. The number of alkyl halides is 1. The second kappa shape index (κ2) is 6.84. The Morgan fingerprint density at radius 2 is 2.24 bits per heavy atom. The number of aromatic amines is 1. The van der Waals surface area contributed by atoms with Gasteiger partial charge in [0.2, 0.25) is 0 Å². The smallest absolute Gasteiger partial charge is 0.275 e. The summed E-state index contributed by atoms with van der Waals surface area (Å²) in [5.41, 5.74) is 3.56. The monoisotopic (exact) mass is 393 g/mol. The number of hydrogen-bond acceptors (Lipinski definition) is 5. The van der Waals surface area contributed by atoms with Crippen molar-refractivity contribution < 1.29 is 9.18 Å². The molecule has 1 amide bonds. The summed E-state index contributed by atoms with van der Waals surface area (Å²) in [6.07, 6.45) is 1.94. The lowest BCUT2D eigenvalue weighted by atomic mass is 10.1. The summed E-state index contributed by atoms with van der Waals surface area (Å²) in [4.78, 5) is 18.8. The molecule has 4 aromatic rings. The summed E-state index contributed by atoms with van der Waals surface area (Å²) in [6.45, 7) is 0.700. The zero-order valence-electron chi connectivity index (χ0n) is 15.9. The minimum absolute atomic E-state index is 0.135. The van der Waals surface area contributed by atoms with Crippen LogP contribution in [-0.4, -0.2) is 55.0 Å². The maximum Gasteiger partial charge on any atom is 0.275 e. The van der Waals surface area contributed by atoms with Crippen molar-refractivity contribution in [2.75, 3.05) is 18.4 Å². The highest BCUT2D eigenvalue weighted by molar-refractivity contribution is 6.05. The zero-order chi connectivity index (χ0) is 20.0. The Morgan fingerprint density at radius 1 is 1.34 bits per heavy atom. The fourth-order valence-electron chi connectivity index (χ4n) is 3.83. The summed E-state index contributed by atoms with van der Waals surface area (Å²) in [5.74, 6) is 0.405. The van der Waals surface area contributed by atoms with Crippen molar-refractivity contribution in [2.24, 2.45) is 7.05 Å². The van der Waals surface area contributed by atoms with Crippen molar-refractivity contribution in [2.45, 2.75) is 19.0 Å². The summed E-state index contributed by atoms with van der Waals surface area (Å²) in [7, 11) is 1.79. The number of fused-ring (bicyclic) bond motifs is 2. The quantitative estimate of drug-likeness (QED) is 0.558. The summed E-state index contributed by atoms with van der Waals surface area (Å²) < 4.78 is 15.4. The standard InChI is InChI=1S/C20H20FN7O/c1-27-16-10-13(23-19-18-15(24-25-19)5-2-8-22-18)6-7-14(16)17(26-27)20(29)28-9-3-4-12(21)11-28/h2,5-8,10,12H,3-4,9,11H2,1H3,(H2,23,24,25). The van der Waals surface area contributed by atoms with Gasteiger partial charge in [-0.25, -0.2) is 4.39 Å². The Morgan fingerprint density at radius 3 is 3.10 bits per heavy atom. The number of rotatable bonds is 3. The first-order valence-corrected chi connectivity index (χ1v) is 9.56. The van der Waals surface area contributed by atoms with Crippen LogP contribution in [0.1, 0.15) is 23.3 Å². The largest absolute Gasteiger partial charge is 0.337 e. The number of pyridine rings is 1. The number of anilines is 2. The predicted octanol–water partition coefficient (Wildman–Crippen LogP) is 3.16. The number of aryl methyl sites for hydroxylation is 1. The van der Waals surface area contributed by atoms with Gasteiger partial charge < -0.3 is 10.2 Å². The summed E-state index contributed by atoms with van der Waals surface area (Å²) >= 11 is 0. The molecule has 0 saturated carbocycles. The van der Waals surface area contributed by atoms with E-state index in [1.54, 1.807) is 22.8 Å². The van der Waals surface area contributed by atoms with Crippen LogP contribution in [-0.2, 0) is 7.05 Å². The molecule has 0 spiro atoms. The van der Waals surface area contributed by atoms with Gasteiger partial charge >= 0.3 is 0 Å². The number of amides is 1. The molecule has 1 fully saturated rings. The van der Waals surface area contributed by atoms with Crippen molar-refractivity contribution in [1.29, 1.82) is 0 Å². The van der Waals surface area contributed by atoms with Crippen molar-refractivity contribution in [1.82, 2.24) is 29.9 Å². The van der Waals surface area contributed by atoms with Crippen LogP contribution in [0, 0.1) is 0 Å². The fraction of sp³-hybridized carbons (Fsp3) is 0.300. The van der Waals surface area contributed by atoms with Crippen molar-refractivity contribution >= 4 is 39.3 Å². The third kappa shape index (κ3) is 3.08. The Bertz CT molecular complexity index is 1210. The van der Waals surface area contributed by atoms with Crippen molar-refractivity contribution in [3.05, 3.63) is 42.2 Å². The number of benzene rings is 1. The highest BCUT2D eigenvalue weighted by Gasteiger charge is 2.27. The van der Waals surface area contributed by atoms with E-state index in [0.717, 1.165) is 27.6 Å². The van der Waals surface area contributed by atoms with Gasteiger partial charge in [-0.2, -0.15) is 10.2 Å². The van der Waals surface area contributed by atoms with Gasteiger partial charge in [0.05, 0.1) is 17.6 Å². The van der Waals surface area contributed by atoms with Gasteiger partial charge in [0.25, 0.3) is 5.91 Å². The number of piperidine rings is 1. The molecule has 8 nitrogen and oxygen atoms in total. The molecular formula is C20H20FN7O. The normalized spacial score (nSPS) is 17.2. The number of H-pyrrole nitrogens is 1. The number of carbonyl (C=O) groups is 1. The van der Waals surface area contributed by atoms with Gasteiger partial charge in [0.15, 0.2) is 11.5 Å². The van der Waals surface area contributed by atoms with Gasteiger partial charge in [0.1, 0.15) is 11.7 Å². The lowest BCUT2D eigenvalue weighted by molar-refractivity contribution is 0.0631. The van der Waals surface area contributed by atoms with Crippen LogP contribution < -0.4 is 5.32 Å². The molecule has 148 valence electrons. The number of halogens is 1. The maximum absolute atomic E-state index is 13.7. The molecule has 4 heterocycles. The van der Waals surface area contributed by atoms with Crippen LogP contribution in [0.25, 0.3) is 21.9 Å². The Balaban J connectivity index is 1.47. The van der Waals surface area contributed by atoms with Crippen LogP contribution in [0.15, 0.2) is 36.5 Å². The number of hydrogen-bond donors (Lipinski definition) is 2. The highest BCUT2D eigenvalue weighted by atomic mass is 19.1. The lowest BCUT2D eigenvalue weighted by Crippen LogP contribution is -2.41. The van der Waals surface area contributed by atoms with Crippen LogP contribution in [0.4, 0.5) is 15.9 Å². The Kier molecular flexibility index (Phi) is 4.15. The fourth-order valence-corrected chi connectivity index (χ4v) is 3.83. The molecule has 1 unspecified atom stereocenters. The van der Waals surface area contributed by atoms with Gasteiger partial charge in [-0.05, 0) is 43.2 Å². The van der Waals surface area contributed by atoms with Crippen LogP contribution in [0.3, 0.4) is 0 Å². The van der Waals surface area contributed by atoms with Gasteiger partial charge in [-0.15, -0.1) is 0 Å². The first kappa shape index (κ1) is 17.6. The van der Waals surface area contributed by atoms with E-state index < -0.39 is 6.17 Å². The van der Waals surface area contributed by atoms with E-state index in [4.69, 9.17) is 0 Å². The summed E-state index contributed by atoms with van der Waals surface area (Å²) in [6, 6.07) is 9.40. The van der Waals surface area contributed by atoms with Crippen molar-refractivity contribution in [3.8, 4) is 0 Å². The number of nitrogens with zero attached hydrogens (tertiary/aromatic N) is 5. The van der Waals surface area contributed by atoms with E-state index in [-0.39, 0.29) is 12.5 Å². The lowest BCUT2D eigenvalue weighted by Gasteiger charge is -2.28. The molecule has 1 aliphatic rings. The van der Waals surface area contributed by atoms with Gasteiger partial charge in [-0.1, -0.05) is 0 Å². The first-order chi connectivity index (χ1) is 14.1. The number of likely N-dealkylation sites (tertiary alicyclic amines) is 1. The second-order valence-electron chi connectivity index (χ2n) is 7.29. The molecule has 2 N–H and O–H groups in total. The van der Waals surface area contributed by atoms with Crippen molar-refractivity contribution in [3.63, 3.8) is 0 Å². The maximum atomic E-state index is 13.7. The molecule has 9 heteroatoms. The topological polar surface area (TPSA) is 91.7 Å². The molecule has 0 aliphatic carbocycles. The zero-order valence-corrected chi connectivity index (χ0v) is 15.9. The molecule has 29 heavy (non-hydrogen) atoms. The van der Waals surface area contributed by atoms with E-state index in [2.05, 4.69) is 25.6 Å². The van der Waals surface area contributed by atoms with E-state index in [1.807, 2.05) is 30.3 Å². The first-order valence-electron chi connectivity index (χ1n) is 9.56. The molecule has 3 aromatic heterocycles. The van der Waals surface area contributed by atoms with Crippen LogP contribution >= 0.6 is 0 Å². The molecule has 0 bridgehead atoms. The van der Waals surface area contributed by atoms with E-state index in [1.165, 1.54) is 0 Å². The Hall–Kier alpha value is -3.49. The summed E-state index contributed by atoms with van der Waals surface area (Å²) in [5, 5.41) is 15.6. The average molecular weight is 393 g/mol. The molecule has 5 rings (SSSR count). The average Bonchev–Trinajstić information content (AvgIpc) is 3.29. The van der Waals surface area contributed by atoms with Crippen LogP contribution in [0.2, 0.25) is 0 Å². The predicted molar refractivity (Wildman–Crippen MR) is 108 cm³/mol. The molecule has 0 radical (unpaired) electrons. The van der Waals surface area contributed by atoms with Gasteiger partial charge in [-0.3, -0.25) is 19.6 Å². The molecule has 1 atom stereocenters. The molecule has 1 saturated heterocycles. The van der Waals surface area contributed by atoms with E-state index in [9.17, 15) is 9.18 Å². The molecule has 1 aromatic carbocycles. The van der Waals surface area contributed by atoms with Gasteiger partial charge in [0, 0.05) is 30.9 Å². The minimum Gasteiger partial charge on any atom is -0.337 e. The SMILES string of the molecule is Cn1nc(C(=O)N2CCCC(F)C2)c2ccc(Nc3n[nH]c4cccnc34)cc21. The number of nitrogens with one attached hydrogen (secondary N) is 2. The second-order valence-corrected chi connectivity index (χ2v) is 7.29. The van der Waals surface area contributed by atoms with E-state index >= 15 is 0 Å². The molecular weight excluding hydrogens is 373 g/mol. The van der Waals surface area contributed by atoms with E-state index in [0.29, 0.717) is 30.9 Å². The Labute approximate surface area is 165 Å². The van der Waals surface area contributed by atoms with Crippen LogP contribution in [0.5, 0.6) is 0 Å².